The second-order valence-electron chi connectivity index (χ2n) is 18.2. The molecule has 1 aliphatic carbocycles. The van der Waals surface area contributed by atoms with Crippen LogP contribution in [0.4, 0.5) is 5.69 Å². The third-order valence-electron chi connectivity index (χ3n) is 12.2. The topological polar surface area (TPSA) is 232 Å². The van der Waals surface area contributed by atoms with Gasteiger partial charge >= 0.3 is 0 Å². The molecule has 3 aliphatic heterocycles. The molecule has 5 amide bonds. The van der Waals surface area contributed by atoms with Gasteiger partial charge in [-0.15, -0.1) is 5.10 Å². The smallest absolute Gasteiger partial charge is 0.276 e. The lowest BCUT2D eigenvalue weighted by atomic mass is 9.63. The molecule has 2 saturated heterocycles. The Labute approximate surface area is 373 Å². The lowest BCUT2D eigenvalue weighted by molar-refractivity contribution is -0.158. The van der Waals surface area contributed by atoms with E-state index in [4.69, 9.17) is 18.9 Å². The third-order valence-corrected chi connectivity index (χ3v) is 12.2. The summed E-state index contributed by atoms with van der Waals surface area (Å²) in [4.78, 5) is 78.8. The summed E-state index contributed by atoms with van der Waals surface area (Å²) in [5, 5.41) is 22.0. The van der Waals surface area contributed by atoms with Crippen molar-refractivity contribution in [1.82, 2.24) is 44.9 Å². The average Bonchev–Trinajstić information content (AvgIpc) is 3.94. The first-order valence-electron chi connectivity index (χ1n) is 21.1. The number of piperidine rings is 2. The van der Waals surface area contributed by atoms with E-state index in [1.807, 2.05) is 39.8 Å². The minimum Gasteiger partial charge on any atom is -0.496 e. The third kappa shape index (κ3) is 8.34. The number of aryl methyl sites for hydroxylation is 2. The predicted octanol–water partition coefficient (Wildman–Crippen LogP) is 2.72. The van der Waals surface area contributed by atoms with Gasteiger partial charge in [0.25, 0.3) is 23.3 Å². The van der Waals surface area contributed by atoms with E-state index in [1.54, 1.807) is 74.5 Å². The Kier molecular flexibility index (Phi) is 11.6. The standard InChI is InChI=1S/C45H52N10O10/c1-43(2,22-47-35(56)21-64-20-31-33(62-7)12-25(13-34(31)63-8)30-19-52(5)41(60)37-29(30)17-48-53(37)6)24-65-44(3,4)23-54-18-27(50-51-54)16-46-32-11-9-10-28-36(32)40(59)55(39(28)58)45-14-26(15-45)38(57)49-42(45)61/h9-13,17-19,26,46H,14-16,20-24H2,1-8H3,(H,47,56)(H,49,57,61). The quantitative estimate of drug-likeness (QED) is 0.108. The molecule has 2 bridgehead atoms. The van der Waals surface area contributed by atoms with E-state index in [0.29, 0.717) is 59.0 Å². The molecule has 0 radical (unpaired) electrons. The van der Waals surface area contributed by atoms with Crippen molar-refractivity contribution >= 4 is 46.1 Å². The molecule has 2 aromatic carbocycles. The van der Waals surface area contributed by atoms with Gasteiger partial charge in [0.2, 0.25) is 11.8 Å². The second kappa shape index (κ2) is 16.9. The molecule has 4 aliphatic rings. The number of hydrogen-bond acceptors (Lipinski definition) is 14. The van der Waals surface area contributed by atoms with Crippen LogP contribution in [0, 0.1) is 11.3 Å². The SMILES string of the molecule is COc1cc(-c2cn(C)c(=O)c3c2cnn3C)cc(OC)c1COCC(=O)NCC(C)(C)COC(C)(C)Cn1cc(CNc2cccc3c2C(=O)N(C24CC(C2)C(=O)NC4=O)C3=O)nn1. The van der Waals surface area contributed by atoms with Crippen molar-refractivity contribution in [3.05, 3.63) is 81.7 Å². The number of carbonyl (C=O) groups is 5. The van der Waals surface area contributed by atoms with E-state index < -0.39 is 40.2 Å². The highest BCUT2D eigenvalue weighted by Crippen LogP contribution is 2.49. The number of fused-ring (bicyclic) bond motifs is 4. The van der Waals surface area contributed by atoms with Crippen LogP contribution < -0.4 is 31.0 Å². The van der Waals surface area contributed by atoms with Gasteiger partial charge in [-0.3, -0.25) is 43.7 Å². The summed E-state index contributed by atoms with van der Waals surface area (Å²) < 4.78 is 28.4. The van der Waals surface area contributed by atoms with E-state index in [1.165, 1.54) is 4.57 Å². The maximum absolute atomic E-state index is 13.7. The molecule has 5 aromatic rings. The van der Waals surface area contributed by atoms with Crippen LogP contribution in [0.25, 0.3) is 22.0 Å². The largest absolute Gasteiger partial charge is 0.496 e. The molecular weight excluding hydrogens is 841 g/mol. The summed E-state index contributed by atoms with van der Waals surface area (Å²) in [6.07, 6.45) is 5.43. The highest BCUT2D eigenvalue weighted by molar-refractivity contribution is 6.27. The molecule has 6 heterocycles. The van der Waals surface area contributed by atoms with Crippen LogP contribution >= 0.6 is 0 Å². The van der Waals surface area contributed by atoms with Crippen LogP contribution in [0.2, 0.25) is 0 Å². The zero-order chi connectivity index (χ0) is 46.6. The number of nitrogens with one attached hydrogen (secondary N) is 3. The minimum absolute atomic E-state index is 0.0387. The molecule has 20 nitrogen and oxygen atoms in total. The van der Waals surface area contributed by atoms with Crippen LogP contribution in [-0.2, 0) is 57.6 Å². The van der Waals surface area contributed by atoms with Crippen molar-refractivity contribution in [1.29, 1.82) is 0 Å². The number of carbonyl (C=O) groups excluding carboxylic acids is 5. The molecule has 0 spiro atoms. The monoisotopic (exact) mass is 892 g/mol. The van der Waals surface area contributed by atoms with E-state index in [2.05, 4.69) is 31.4 Å². The van der Waals surface area contributed by atoms with Gasteiger partial charge in [0, 0.05) is 54.8 Å². The maximum Gasteiger partial charge on any atom is 0.276 e. The van der Waals surface area contributed by atoms with Crippen LogP contribution in [0.5, 0.6) is 11.5 Å². The first-order valence-corrected chi connectivity index (χ1v) is 21.1. The number of nitrogens with zero attached hydrogens (tertiary/aromatic N) is 7. The Morgan fingerprint density at radius 3 is 2.38 bits per heavy atom. The van der Waals surface area contributed by atoms with E-state index >= 15 is 0 Å². The molecule has 3 fully saturated rings. The molecule has 3 N–H and O–H groups in total. The molecular formula is C45H52N10O10. The van der Waals surface area contributed by atoms with Gasteiger partial charge in [0.15, 0.2) is 0 Å². The predicted molar refractivity (Wildman–Crippen MR) is 234 cm³/mol. The number of amides is 5. The molecule has 65 heavy (non-hydrogen) atoms. The summed E-state index contributed by atoms with van der Waals surface area (Å²) in [7, 11) is 6.49. The molecule has 0 atom stereocenters. The van der Waals surface area contributed by atoms with Crippen molar-refractivity contribution in [3.63, 3.8) is 0 Å². The number of methoxy groups -OCH3 is 2. The van der Waals surface area contributed by atoms with E-state index in [-0.39, 0.29) is 61.1 Å². The number of anilines is 1. The highest BCUT2D eigenvalue weighted by Gasteiger charge is 2.65. The van der Waals surface area contributed by atoms with Crippen molar-refractivity contribution in [2.24, 2.45) is 25.4 Å². The maximum atomic E-state index is 13.7. The second-order valence-corrected chi connectivity index (χ2v) is 18.2. The summed E-state index contributed by atoms with van der Waals surface area (Å²) in [5.74, 6) is -1.86. The first kappa shape index (κ1) is 44.7. The number of ether oxygens (including phenoxy) is 4. The Balaban J connectivity index is 0.807. The van der Waals surface area contributed by atoms with Crippen LogP contribution in [0.1, 0.15) is 72.5 Å². The average molecular weight is 893 g/mol. The van der Waals surface area contributed by atoms with E-state index in [0.717, 1.165) is 16.0 Å². The fraction of sp³-hybridized carbons (Fsp3) is 0.444. The summed E-state index contributed by atoms with van der Waals surface area (Å²) in [5.41, 5.74) is 1.33. The van der Waals surface area contributed by atoms with Crippen molar-refractivity contribution in [2.45, 2.75) is 71.4 Å². The Bertz CT molecular complexity index is 2790. The lowest BCUT2D eigenvalue weighted by Crippen LogP contribution is -2.74. The van der Waals surface area contributed by atoms with Gasteiger partial charge < -0.3 is 34.1 Å². The van der Waals surface area contributed by atoms with Gasteiger partial charge in [0.05, 0.1) is 75.2 Å². The van der Waals surface area contributed by atoms with Crippen LogP contribution in [0.15, 0.2) is 53.7 Å². The number of hydrogen-bond donors (Lipinski definition) is 3. The molecule has 342 valence electrons. The van der Waals surface area contributed by atoms with Crippen LogP contribution in [0.3, 0.4) is 0 Å². The molecule has 3 aromatic heterocycles. The van der Waals surface area contributed by atoms with Gasteiger partial charge in [-0.2, -0.15) is 5.10 Å². The van der Waals surface area contributed by atoms with Crippen molar-refractivity contribution in [2.75, 3.05) is 39.3 Å². The van der Waals surface area contributed by atoms with Gasteiger partial charge in [0.1, 0.15) is 34.9 Å². The fourth-order valence-electron chi connectivity index (χ4n) is 8.65. The lowest BCUT2D eigenvalue weighted by Gasteiger charge is -2.52. The fourth-order valence-corrected chi connectivity index (χ4v) is 8.65. The Morgan fingerprint density at radius 2 is 1.69 bits per heavy atom. The number of imide groups is 2. The molecule has 9 rings (SSSR count). The van der Waals surface area contributed by atoms with Crippen molar-refractivity contribution < 1.29 is 42.9 Å². The van der Waals surface area contributed by atoms with Gasteiger partial charge in [-0.05, 0) is 56.5 Å². The normalized spacial score (nSPS) is 18.2. The van der Waals surface area contributed by atoms with E-state index in [9.17, 15) is 28.8 Å². The van der Waals surface area contributed by atoms with Crippen LogP contribution in [-0.4, -0.2) is 109 Å². The van der Waals surface area contributed by atoms with Gasteiger partial charge in [-0.25, -0.2) is 4.68 Å². The Morgan fingerprint density at radius 1 is 0.969 bits per heavy atom. The van der Waals surface area contributed by atoms with Gasteiger partial charge in [-0.1, -0.05) is 25.1 Å². The molecule has 0 unspecified atom stereocenters. The highest BCUT2D eigenvalue weighted by atomic mass is 16.5. The summed E-state index contributed by atoms with van der Waals surface area (Å²) in [6, 6.07) is 8.58. The van der Waals surface area contributed by atoms with Crippen molar-refractivity contribution in [3.8, 4) is 22.6 Å². The number of rotatable bonds is 18. The number of pyridine rings is 1. The Hall–Kier alpha value is -6.93. The summed E-state index contributed by atoms with van der Waals surface area (Å²) in [6.45, 7) is 8.84. The molecule has 1 saturated carbocycles. The zero-order valence-corrected chi connectivity index (χ0v) is 37.6. The molecule has 20 heteroatoms. The minimum atomic E-state index is -1.36. The summed E-state index contributed by atoms with van der Waals surface area (Å²) >= 11 is 0. The number of benzene rings is 2. The first-order chi connectivity index (χ1) is 30.8. The number of aromatic nitrogens is 6. The zero-order valence-electron chi connectivity index (χ0n) is 37.6.